The zero-order valence-corrected chi connectivity index (χ0v) is 14.4. The number of benzene rings is 1. The SMILES string of the molecule is CCCNC(Cc1c(C)cccc1C)C1CCC(C)CC1. The van der Waals surface area contributed by atoms with E-state index in [1.165, 1.54) is 49.7 Å². The Bertz CT molecular complexity index is 409. The van der Waals surface area contributed by atoms with Crippen molar-refractivity contribution in [1.29, 1.82) is 0 Å². The quantitative estimate of drug-likeness (QED) is 0.773. The summed E-state index contributed by atoms with van der Waals surface area (Å²) >= 11 is 0. The van der Waals surface area contributed by atoms with Crippen molar-refractivity contribution < 1.29 is 0 Å². The van der Waals surface area contributed by atoms with Gasteiger partial charge in [0, 0.05) is 6.04 Å². The summed E-state index contributed by atoms with van der Waals surface area (Å²) < 4.78 is 0. The van der Waals surface area contributed by atoms with Crippen molar-refractivity contribution in [2.24, 2.45) is 11.8 Å². The Kier molecular flexibility index (Phi) is 6.29. The minimum Gasteiger partial charge on any atom is -0.313 e. The van der Waals surface area contributed by atoms with Crippen LogP contribution >= 0.6 is 0 Å². The molecule has 1 heteroatoms. The van der Waals surface area contributed by atoms with Crippen LogP contribution in [0.5, 0.6) is 0 Å². The molecule has 1 nitrogen and oxygen atoms in total. The van der Waals surface area contributed by atoms with Gasteiger partial charge in [0.25, 0.3) is 0 Å². The molecule has 0 spiro atoms. The molecule has 0 radical (unpaired) electrons. The average Bonchev–Trinajstić information content (AvgIpc) is 2.47. The molecular formula is C20H33N. The van der Waals surface area contributed by atoms with Crippen molar-refractivity contribution in [2.75, 3.05) is 6.54 Å². The van der Waals surface area contributed by atoms with Gasteiger partial charge >= 0.3 is 0 Å². The van der Waals surface area contributed by atoms with Gasteiger partial charge in [-0.2, -0.15) is 0 Å². The number of aryl methyl sites for hydroxylation is 2. The van der Waals surface area contributed by atoms with Crippen LogP contribution in [-0.2, 0) is 6.42 Å². The van der Waals surface area contributed by atoms with E-state index in [2.05, 4.69) is 51.2 Å². The molecule has 0 amide bonds. The monoisotopic (exact) mass is 287 g/mol. The summed E-state index contributed by atoms with van der Waals surface area (Å²) in [5, 5.41) is 3.86. The van der Waals surface area contributed by atoms with Crippen LogP contribution in [0.1, 0.15) is 62.6 Å². The maximum absolute atomic E-state index is 3.86. The highest BCUT2D eigenvalue weighted by atomic mass is 14.9. The molecule has 1 aromatic carbocycles. The summed E-state index contributed by atoms with van der Waals surface area (Å²) in [5.41, 5.74) is 4.50. The number of hydrogen-bond acceptors (Lipinski definition) is 1. The molecule has 1 unspecified atom stereocenters. The maximum Gasteiger partial charge on any atom is 0.0136 e. The first-order chi connectivity index (χ1) is 10.1. The topological polar surface area (TPSA) is 12.0 Å². The van der Waals surface area contributed by atoms with E-state index in [1.807, 2.05) is 0 Å². The summed E-state index contributed by atoms with van der Waals surface area (Å²) in [7, 11) is 0. The lowest BCUT2D eigenvalue weighted by Crippen LogP contribution is -2.40. The largest absolute Gasteiger partial charge is 0.313 e. The molecule has 1 N–H and O–H groups in total. The van der Waals surface area contributed by atoms with E-state index in [0.29, 0.717) is 6.04 Å². The van der Waals surface area contributed by atoms with Gasteiger partial charge in [0.1, 0.15) is 0 Å². The fourth-order valence-electron chi connectivity index (χ4n) is 3.81. The Morgan fingerprint density at radius 1 is 1.10 bits per heavy atom. The maximum atomic E-state index is 3.86. The first-order valence-corrected chi connectivity index (χ1v) is 8.90. The predicted molar refractivity (Wildman–Crippen MR) is 92.8 cm³/mol. The molecule has 2 rings (SSSR count). The zero-order chi connectivity index (χ0) is 15.2. The lowest BCUT2D eigenvalue weighted by molar-refractivity contribution is 0.228. The second-order valence-electron chi connectivity index (χ2n) is 7.16. The average molecular weight is 287 g/mol. The molecule has 1 atom stereocenters. The van der Waals surface area contributed by atoms with E-state index in [1.54, 1.807) is 5.56 Å². The van der Waals surface area contributed by atoms with Crippen molar-refractivity contribution in [1.82, 2.24) is 5.32 Å². The summed E-state index contributed by atoms with van der Waals surface area (Å²) in [6.45, 7) is 10.4. The van der Waals surface area contributed by atoms with Crippen molar-refractivity contribution in [3.05, 3.63) is 34.9 Å². The molecular weight excluding hydrogens is 254 g/mol. The predicted octanol–water partition coefficient (Wildman–Crippen LogP) is 5.04. The number of hydrogen-bond donors (Lipinski definition) is 1. The molecule has 0 heterocycles. The van der Waals surface area contributed by atoms with Crippen LogP contribution in [-0.4, -0.2) is 12.6 Å². The van der Waals surface area contributed by atoms with Crippen molar-refractivity contribution >= 4 is 0 Å². The normalized spacial score (nSPS) is 24.0. The smallest absolute Gasteiger partial charge is 0.0136 e. The lowest BCUT2D eigenvalue weighted by Gasteiger charge is -2.34. The molecule has 0 bridgehead atoms. The molecule has 0 aliphatic heterocycles. The Labute approximate surface area is 131 Å². The third kappa shape index (κ3) is 4.57. The zero-order valence-electron chi connectivity index (χ0n) is 14.4. The third-order valence-corrected chi connectivity index (χ3v) is 5.35. The molecule has 118 valence electrons. The van der Waals surface area contributed by atoms with Crippen LogP contribution < -0.4 is 5.32 Å². The Morgan fingerprint density at radius 2 is 1.71 bits per heavy atom. The second kappa shape index (κ2) is 7.98. The summed E-state index contributed by atoms with van der Waals surface area (Å²) in [5.74, 6) is 1.81. The van der Waals surface area contributed by atoms with Gasteiger partial charge in [-0.05, 0) is 74.6 Å². The fourth-order valence-corrected chi connectivity index (χ4v) is 3.81. The highest BCUT2D eigenvalue weighted by molar-refractivity contribution is 5.34. The van der Waals surface area contributed by atoms with Crippen LogP contribution in [0.15, 0.2) is 18.2 Å². The summed E-state index contributed by atoms with van der Waals surface area (Å²) in [6.07, 6.45) is 8.09. The standard InChI is InChI=1S/C20H33N/c1-5-13-21-20(18-11-9-15(2)10-12-18)14-19-16(3)7-6-8-17(19)4/h6-8,15,18,20-21H,5,9-14H2,1-4H3. The van der Waals surface area contributed by atoms with Gasteiger partial charge in [0.2, 0.25) is 0 Å². The van der Waals surface area contributed by atoms with Crippen molar-refractivity contribution in [3.63, 3.8) is 0 Å². The number of nitrogens with one attached hydrogen (secondary N) is 1. The van der Waals surface area contributed by atoms with E-state index < -0.39 is 0 Å². The molecule has 21 heavy (non-hydrogen) atoms. The van der Waals surface area contributed by atoms with Gasteiger partial charge in [-0.15, -0.1) is 0 Å². The van der Waals surface area contributed by atoms with Crippen molar-refractivity contribution in [3.8, 4) is 0 Å². The highest BCUT2D eigenvalue weighted by Crippen LogP contribution is 2.32. The van der Waals surface area contributed by atoms with Gasteiger partial charge in [0.15, 0.2) is 0 Å². The molecule has 0 saturated heterocycles. The number of rotatable bonds is 6. The van der Waals surface area contributed by atoms with E-state index in [-0.39, 0.29) is 0 Å². The first-order valence-electron chi connectivity index (χ1n) is 8.90. The minimum absolute atomic E-state index is 0.664. The van der Waals surface area contributed by atoms with E-state index in [9.17, 15) is 0 Å². The molecule has 1 fully saturated rings. The summed E-state index contributed by atoms with van der Waals surface area (Å²) in [6, 6.07) is 7.38. The molecule has 1 saturated carbocycles. The van der Waals surface area contributed by atoms with Gasteiger partial charge in [0.05, 0.1) is 0 Å². The van der Waals surface area contributed by atoms with Crippen molar-refractivity contribution in [2.45, 2.75) is 72.3 Å². The van der Waals surface area contributed by atoms with Crippen LogP contribution in [0, 0.1) is 25.7 Å². The fraction of sp³-hybridized carbons (Fsp3) is 0.700. The Morgan fingerprint density at radius 3 is 2.29 bits per heavy atom. The van der Waals surface area contributed by atoms with E-state index in [4.69, 9.17) is 0 Å². The van der Waals surface area contributed by atoms with Gasteiger partial charge in [-0.3, -0.25) is 0 Å². The van der Waals surface area contributed by atoms with Gasteiger partial charge in [-0.25, -0.2) is 0 Å². The molecule has 1 aromatic rings. The van der Waals surface area contributed by atoms with Gasteiger partial charge < -0.3 is 5.32 Å². The third-order valence-electron chi connectivity index (χ3n) is 5.35. The van der Waals surface area contributed by atoms with E-state index in [0.717, 1.165) is 18.4 Å². The second-order valence-corrected chi connectivity index (χ2v) is 7.16. The Hall–Kier alpha value is -0.820. The van der Waals surface area contributed by atoms with E-state index >= 15 is 0 Å². The lowest BCUT2D eigenvalue weighted by atomic mass is 9.77. The molecule has 0 aromatic heterocycles. The minimum atomic E-state index is 0.664. The molecule has 1 aliphatic rings. The first kappa shape index (κ1) is 16.5. The Balaban J connectivity index is 2.08. The van der Waals surface area contributed by atoms with Gasteiger partial charge in [-0.1, -0.05) is 44.9 Å². The molecule has 1 aliphatic carbocycles. The van der Waals surface area contributed by atoms with Crippen LogP contribution in [0.4, 0.5) is 0 Å². The van der Waals surface area contributed by atoms with Crippen LogP contribution in [0.2, 0.25) is 0 Å². The van der Waals surface area contributed by atoms with Crippen LogP contribution in [0.3, 0.4) is 0 Å². The highest BCUT2D eigenvalue weighted by Gasteiger charge is 2.26. The van der Waals surface area contributed by atoms with Crippen LogP contribution in [0.25, 0.3) is 0 Å². The summed E-state index contributed by atoms with van der Waals surface area (Å²) in [4.78, 5) is 0.